The highest BCUT2D eigenvalue weighted by Gasteiger charge is 2.05. The maximum atomic E-state index is 5.66. The highest BCUT2D eigenvalue weighted by atomic mass is 79.9. The molecule has 2 aromatic rings. The zero-order valence-corrected chi connectivity index (χ0v) is 11.4. The second-order valence-corrected chi connectivity index (χ2v) is 4.47. The Morgan fingerprint density at radius 3 is 2.83 bits per heavy atom. The molecule has 5 nitrogen and oxygen atoms in total. The van der Waals surface area contributed by atoms with Crippen molar-refractivity contribution in [3.05, 3.63) is 40.5 Å². The number of nitrogens with zero attached hydrogens (tertiary/aromatic N) is 2. The number of halogens is 1. The summed E-state index contributed by atoms with van der Waals surface area (Å²) in [6.45, 7) is 0.520. The summed E-state index contributed by atoms with van der Waals surface area (Å²) >= 11 is 3.28. The van der Waals surface area contributed by atoms with Gasteiger partial charge in [0.05, 0.1) is 6.61 Å². The van der Waals surface area contributed by atoms with E-state index in [2.05, 4.69) is 31.2 Å². The monoisotopic (exact) mass is 308 g/mol. The average Bonchev–Trinajstić information content (AvgIpc) is 2.30. The Kier molecular flexibility index (Phi) is 4.11. The van der Waals surface area contributed by atoms with E-state index < -0.39 is 0 Å². The molecule has 0 fully saturated rings. The lowest BCUT2D eigenvalue weighted by atomic mass is 10.2. The molecular formula is C12H13BrN4O. The fraction of sp³-hybridized carbons (Fsp3) is 0.167. The number of nitrogen functional groups attached to an aromatic ring is 1. The van der Waals surface area contributed by atoms with Gasteiger partial charge in [-0.2, -0.15) is 4.98 Å². The number of hydrogen-bond acceptors (Lipinski definition) is 5. The van der Waals surface area contributed by atoms with Gasteiger partial charge in [0.15, 0.2) is 0 Å². The molecule has 0 aliphatic rings. The third-order valence-electron chi connectivity index (χ3n) is 2.28. The van der Waals surface area contributed by atoms with Crippen LogP contribution in [0.4, 0.5) is 17.5 Å². The van der Waals surface area contributed by atoms with Gasteiger partial charge in [0.1, 0.15) is 10.4 Å². The summed E-state index contributed by atoms with van der Waals surface area (Å²) in [7, 11) is 1.66. The van der Waals surface area contributed by atoms with E-state index in [0.717, 1.165) is 11.3 Å². The fourth-order valence-corrected chi connectivity index (χ4v) is 1.94. The molecule has 0 aliphatic carbocycles. The predicted octanol–water partition coefficient (Wildman–Crippen LogP) is 2.71. The van der Waals surface area contributed by atoms with Crippen molar-refractivity contribution in [1.29, 1.82) is 0 Å². The lowest BCUT2D eigenvalue weighted by Crippen LogP contribution is -2.03. The number of nitrogens with two attached hydrogens (primary N) is 1. The normalized spacial score (nSPS) is 10.3. The predicted molar refractivity (Wildman–Crippen MR) is 74.6 cm³/mol. The van der Waals surface area contributed by atoms with Crippen molar-refractivity contribution in [3.8, 4) is 0 Å². The molecule has 0 unspecified atom stereocenters. The maximum absolute atomic E-state index is 5.66. The first-order valence-electron chi connectivity index (χ1n) is 5.33. The van der Waals surface area contributed by atoms with Crippen molar-refractivity contribution in [3.63, 3.8) is 0 Å². The zero-order chi connectivity index (χ0) is 13.0. The van der Waals surface area contributed by atoms with Crippen LogP contribution >= 0.6 is 15.9 Å². The summed E-state index contributed by atoms with van der Waals surface area (Å²) in [5.74, 6) is 0.856. The van der Waals surface area contributed by atoms with Gasteiger partial charge in [-0.3, -0.25) is 0 Å². The van der Waals surface area contributed by atoms with Crippen molar-refractivity contribution in [1.82, 2.24) is 9.97 Å². The van der Waals surface area contributed by atoms with Gasteiger partial charge >= 0.3 is 0 Å². The Labute approximate surface area is 114 Å². The molecule has 0 saturated carbocycles. The number of para-hydroxylation sites is 1. The summed E-state index contributed by atoms with van der Waals surface area (Å²) in [5.41, 5.74) is 7.59. The Bertz CT molecular complexity index is 527. The molecule has 18 heavy (non-hydrogen) atoms. The first-order valence-corrected chi connectivity index (χ1v) is 6.12. The average molecular weight is 309 g/mol. The van der Waals surface area contributed by atoms with Gasteiger partial charge in [-0.1, -0.05) is 18.2 Å². The molecule has 0 atom stereocenters. The van der Waals surface area contributed by atoms with Gasteiger partial charge in [-0.15, -0.1) is 0 Å². The summed E-state index contributed by atoms with van der Waals surface area (Å²) in [4.78, 5) is 8.32. The molecule has 0 spiro atoms. The molecule has 1 heterocycles. The number of methoxy groups -OCH3 is 1. The van der Waals surface area contributed by atoms with Crippen LogP contribution in [-0.2, 0) is 11.3 Å². The van der Waals surface area contributed by atoms with Crippen LogP contribution in [0.5, 0.6) is 0 Å². The molecule has 0 bridgehead atoms. The van der Waals surface area contributed by atoms with Crippen LogP contribution in [0.15, 0.2) is 34.9 Å². The van der Waals surface area contributed by atoms with Crippen LogP contribution in [0.1, 0.15) is 5.56 Å². The summed E-state index contributed by atoms with van der Waals surface area (Å²) in [5, 5.41) is 3.13. The third-order valence-corrected chi connectivity index (χ3v) is 2.68. The van der Waals surface area contributed by atoms with Crippen LogP contribution in [-0.4, -0.2) is 17.1 Å². The van der Waals surface area contributed by atoms with E-state index in [-0.39, 0.29) is 0 Å². The van der Waals surface area contributed by atoms with Crippen LogP contribution in [0, 0.1) is 0 Å². The van der Waals surface area contributed by atoms with Gasteiger partial charge < -0.3 is 15.8 Å². The molecule has 6 heteroatoms. The molecule has 1 aromatic heterocycles. The number of aromatic nitrogens is 2. The molecule has 0 amide bonds. The Balaban J connectivity index is 2.27. The van der Waals surface area contributed by atoms with Crippen LogP contribution in [0.2, 0.25) is 0 Å². The molecule has 0 saturated heterocycles. The Hall–Kier alpha value is -1.66. The molecular weight excluding hydrogens is 296 g/mol. The number of rotatable bonds is 4. The van der Waals surface area contributed by atoms with Gasteiger partial charge in [-0.25, -0.2) is 4.98 Å². The van der Waals surface area contributed by atoms with E-state index in [1.165, 1.54) is 0 Å². The highest BCUT2D eigenvalue weighted by Crippen LogP contribution is 2.21. The molecule has 94 valence electrons. The fourth-order valence-electron chi connectivity index (χ4n) is 1.54. The topological polar surface area (TPSA) is 73.1 Å². The number of anilines is 3. The first-order chi connectivity index (χ1) is 8.69. The van der Waals surface area contributed by atoms with E-state index in [9.17, 15) is 0 Å². The highest BCUT2D eigenvalue weighted by molar-refractivity contribution is 9.10. The van der Waals surface area contributed by atoms with Crippen molar-refractivity contribution in [2.24, 2.45) is 0 Å². The standard InChI is InChI=1S/C12H13BrN4O/c1-18-7-8-4-2-3-5-9(8)15-12-16-10(13)6-11(14)17-12/h2-6H,7H2,1H3,(H3,14,15,16,17). The largest absolute Gasteiger partial charge is 0.383 e. The second kappa shape index (κ2) is 5.79. The van der Waals surface area contributed by atoms with Crippen molar-refractivity contribution in [2.45, 2.75) is 6.61 Å². The van der Waals surface area contributed by atoms with E-state index >= 15 is 0 Å². The van der Waals surface area contributed by atoms with Gasteiger partial charge in [0.25, 0.3) is 0 Å². The summed E-state index contributed by atoms with van der Waals surface area (Å²) in [6, 6.07) is 9.45. The number of ether oxygens (including phenoxy) is 1. The van der Waals surface area contributed by atoms with E-state index in [0.29, 0.717) is 23.0 Å². The van der Waals surface area contributed by atoms with Crippen LogP contribution in [0.25, 0.3) is 0 Å². The second-order valence-electron chi connectivity index (χ2n) is 3.65. The zero-order valence-electron chi connectivity index (χ0n) is 9.85. The van der Waals surface area contributed by atoms with Crippen LogP contribution in [0.3, 0.4) is 0 Å². The van der Waals surface area contributed by atoms with Crippen LogP contribution < -0.4 is 11.1 Å². The quantitative estimate of drug-likeness (QED) is 0.850. The summed E-state index contributed by atoms with van der Waals surface area (Å²) < 4.78 is 5.78. The minimum Gasteiger partial charge on any atom is -0.383 e. The van der Waals surface area contributed by atoms with E-state index in [4.69, 9.17) is 10.5 Å². The van der Waals surface area contributed by atoms with Gasteiger partial charge in [-0.05, 0) is 22.0 Å². The van der Waals surface area contributed by atoms with E-state index in [1.54, 1.807) is 13.2 Å². The minimum absolute atomic E-state index is 0.406. The molecule has 2 rings (SSSR count). The number of hydrogen-bond donors (Lipinski definition) is 2. The number of benzene rings is 1. The first kappa shape index (κ1) is 12.8. The van der Waals surface area contributed by atoms with Crippen molar-refractivity contribution < 1.29 is 4.74 Å². The Morgan fingerprint density at radius 1 is 1.33 bits per heavy atom. The molecule has 1 aromatic carbocycles. The van der Waals surface area contributed by atoms with Gasteiger partial charge in [0, 0.05) is 24.4 Å². The van der Waals surface area contributed by atoms with Crippen molar-refractivity contribution in [2.75, 3.05) is 18.2 Å². The SMILES string of the molecule is COCc1ccccc1Nc1nc(N)cc(Br)n1. The molecule has 3 N–H and O–H groups in total. The smallest absolute Gasteiger partial charge is 0.230 e. The third kappa shape index (κ3) is 3.18. The molecule has 0 aliphatic heterocycles. The minimum atomic E-state index is 0.406. The summed E-state index contributed by atoms with van der Waals surface area (Å²) in [6.07, 6.45) is 0. The molecule has 0 radical (unpaired) electrons. The van der Waals surface area contributed by atoms with E-state index in [1.807, 2.05) is 24.3 Å². The van der Waals surface area contributed by atoms with Gasteiger partial charge in [0.2, 0.25) is 5.95 Å². The number of nitrogens with one attached hydrogen (secondary N) is 1. The Morgan fingerprint density at radius 2 is 2.11 bits per heavy atom. The lowest BCUT2D eigenvalue weighted by Gasteiger charge is -2.10. The van der Waals surface area contributed by atoms with Crippen molar-refractivity contribution >= 4 is 33.4 Å². The lowest BCUT2D eigenvalue weighted by molar-refractivity contribution is 0.185. The maximum Gasteiger partial charge on any atom is 0.230 e.